The van der Waals surface area contributed by atoms with Gasteiger partial charge in [-0.1, -0.05) is 6.07 Å². The van der Waals surface area contributed by atoms with Crippen LogP contribution >= 0.6 is 0 Å². The first-order chi connectivity index (χ1) is 7.75. The van der Waals surface area contributed by atoms with Gasteiger partial charge in [-0.2, -0.15) is 4.98 Å². The molecule has 0 atom stereocenters. The zero-order chi connectivity index (χ0) is 11.4. The summed E-state index contributed by atoms with van der Waals surface area (Å²) in [5, 5.41) is 3.15. The summed E-state index contributed by atoms with van der Waals surface area (Å²) in [5.74, 6) is 0.972. The van der Waals surface area contributed by atoms with Crippen LogP contribution in [0.3, 0.4) is 0 Å². The van der Waals surface area contributed by atoms with Gasteiger partial charge in [-0.15, -0.1) is 0 Å². The van der Waals surface area contributed by atoms with E-state index in [0.29, 0.717) is 12.4 Å². The van der Waals surface area contributed by atoms with Gasteiger partial charge >= 0.3 is 0 Å². The number of anilines is 2. The zero-order valence-electron chi connectivity index (χ0n) is 9.01. The molecule has 2 heterocycles. The molecule has 0 fully saturated rings. The molecule has 0 amide bonds. The highest BCUT2D eigenvalue weighted by atomic mass is 15.1. The van der Waals surface area contributed by atoms with Crippen molar-refractivity contribution in [1.82, 2.24) is 15.0 Å². The number of hydrogen-bond acceptors (Lipinski definition) is 5. The van der Waals surface area contributed by atoms with Crippen molar-refractivity contribution < 1.29 is 0 Å². The van der Waals surface area contributed by atoms with Gasteiger partial charge in [-0.3, -0.25) is 4.98 Å². The Morgan fingerprint density at radius 1 is 1.25 bits per heavy atom. The van der Waals surface area contributed by atoms with E-state index in [9.17, 15) is 0 Å². The molecule has 0 unspecified atom stereocenters. The number of aromatic nitrogens is 3. The van der Waals surface area contributed by atoms with Crippen LogP contribution in [-0.2, 0) is 6.54 Å². The standard InChI is InChI=1S/C11H13N5/c1-8-3-2-5-13-9(8)7-15-10-4-6-14-11(12)16-10/h2-6H,7H2,1H3,(H3,12,14,15,16). The van der Waals surface area contributed by atoms with Crippen LogP contribution in [-0.4, -0.2) is 15.0 Å². The molecule has 5 heteroatoms. The lowest BCUT2D eigenvalue weighted by atomic mass is 10.2. The third-order valence-corrected chi connectivity index (χ3v) is 2.23. The second kappa shape index (κ2) is 4.57. The number of aryl methyl sites for hydroxylation is 1. The maximum absolute atomic E-state index is 5.48. The van der Waals surface area contributed by atoms with E-state index in [1.165, 1.54) is 0 Å². The summed E-state index contributed by atoms with van der Waals surface area (Å²) in [6.45, 7) is 2.65. The maximum atomic E-state index is 5.48. The Kier molecular flexibility index (Phi) is 2.95. The van der Waals surface area contributed by atoms with Crippen LogP contribution in [0, 0.1) is 6.92 Å². The Morgan fingerprint density at radius 3 is 2.88 bits per heavy atom. The first-order valence-electron chi connectivity index (χ1n) is 4.98. The fourth-order valence-electron chi connectivity index (χ4n) is 1.35. The van der Waals surface area contributed by atoms with Gasteiger partial charge in [0.25, 0.3) is 0 Å². The van der Waals surface area contributed by atoms with Crippen molar-refractivity contribution in [2.24, 2.45) is 0 Å². The normalized spacial score (nSPS) is 10.1. The van der Waals surface area contributed by atoms with Gasteiger partial charge in [-0.25, -0.2) is 4.98 Å². The van der Waals surface area contributed by atoms with Gasteiger partial charge < -0.3 is 11.1 Å². The molecule has 0 saturated carbocycles. The molecule has 2 aromatic heterocycles. The minimum absolute atomic E-state index is 0.266. The molecular formula is C11H13N5. The molecule has 0 aliphatic heterocycles. The smallest absolute Gasteiger partial charge is 0.221 e. The maximum Gasteiger partial charge on any atom is 0.221 e. The van der Waals surface area contributed by atoms with Crippen LogP contribution in [0.25, 0.3) is 0 Å². The fraction of sp³-hybridized carbons (Fsp3) is 0.182. The van der Waals surface area contributed by atoms with Crippen molar-refractivity contribution in [3.8, 4) is 0 Å². The minimum atomic E-state index is 0.266. The number of nitrogens with two attached hydrogens (primary N) is 1. The van der Waals surface area contributed by atoms with E-state index < -0.39 is 0 Å². The Labute approximate surface area is 93.8 Å². The Bertz CT molecular complexity index is 483. The molecule has 0 saturated heterocycles. The summed E-state index contributed by atoms with van der Waals surface area (Å²) in [7, 11) is 0. The number of rotatable bonds is 3. The van der Waals surface area contributed by atoms with Crippen LogP contribution in [0.2, 0.25) is 0 Å². The van der Waals surface area contributed by atoms with Crippen LogP contribution in [0.1, 0.15) is 11.3 Å². The SMILES string of the molecule is Cc1cccnc1CNc1ccnc(N)n1. The number of hydrogen-bond donors (Lipinski definition) is 2. The summed E-state index contributed by atoms with van der Waals surface area (Å²) < 4.78 is 0. The van der Waals surface area contributed by atoms with Gasteiger partial charge in [-0.05, 0) is 24.6 Å². The molecular weight excluding hydrogens is 202 g/mol. The average molecular weight is 215 g/mol. The third-order valence-electron chi connectivity index (χ3n) is 2.23. The van der Waals surface area contributed by atoms with Crippen LogP contribution in [0.5, 0.6) is 0 Å². The average Bonchev–Trinajstić information content (AvgIpc) is 2.28. The van der Waals surface area contributed by atoms with Crippen molar-refractivity contribution in [2.45, 2.75) is 13.5 Å². The van der Waals surface area contributed by atoms with E-state index in [2.05, 4.69) is 20.3 Å². The van der Waals surface area contributed by atoms with Crippen molar-refractivity contribution in [3.63, 3.8) is 0 Å². The van der Waals surface area contributed by atoms with Gasteiger partial charge in [0.15, 0.2) is 0 Å². The molecule has 0 aromatic carbocycles. The summed E-state index contributed by atoms with van der Waals surface area (Å²) >= 11 is 0. The molecule has 0 radical (unpaired) electrons. The Hall–Kier alpha value is -2.17. The summed E-state index contributed by atoms with van der Waals surface area (Å²) in [5.41, 5.74) is 7.63. The molecule has 0 spiro atoms. The monoisotopic (exact) mass is 215 g/mol. The molecule has 2 rings (SSSR count). The lowest BCUT2D eigenvalue weighted by molar-refractivity contribution is 1.00. The van der Waals surface area contributed by atoms with Crippen molar-refractivity contribution in [2.75, 3.05) is 11.1 Å². The molecule has 0 aliphatic carbocycles. The molecule has 3 N–H and O–H groups in total. The van der Waals surface area contributed by atoms with Crippen molar-refractivity contribution in [3.05, 3.63) is 41.9 Å². The molecule has 0 bridgehead atoms. The second-order valence-electron chi connectivity index (χ2n) is 3.42. The van der Waals surface area contributed by atoms with E-state index in [1.54, 1.807) is 18.5 Å². The highest BCUT2D eigenvalue weighted by Crippen LogP contribution is 2.07. The van der Waals surface area contributed by atoms with E-state index >= 15 is 0 Å². The van der Waals surface area contributed by atoms with Crippen molar-refractivity contribution in [1.29, 1.82) is 0 Å². The lowest BCUT2D eigenvalue weighted by Gasteiger charge is -2.06. The summed E-state index contributed by atoms with van der Waals surface area (Å²) in [6, 6.07) is 5.72. The molecule has 5 nitrogen and oxygen atoms in total. The van der Waals surface area contributed by atoms with Crippen LogP contribution in [0.4, 0.5) is 11.8 Å². The van der Waals surface area contributed by atoms with Crippen LogP contribution < -0.4 is 11.1 Å². The van der Waals surface area contributed by atoms with E-state index in [-0.39, 0.29) is 5.95 Å². The number of pyridine rings is 1. The zero-order valence-corrected chi connectivity index (χ0v) is 9.01. The quantitative estimate of drug-likeness (QED) is 0.808. The Balaban J connectivity index is 2.05. The highest BCUT2D eigenvalue weighted by molar-refractivity contribution is 5.38. The molecule has 2 aromatic rings. The summed E-state index contributed by atoms with van der Waals surface area (Å²) in [6.07, 6.45) is 3.40. The van der Waals surface area contributed by atoms with Crippen molar-refractivity contribution >= 4 is 11.8 Å². The van der Waals surface area contributed by atoms with E-state index in [1.807, 2.05) is 19.1 Å². The summed E-state index contributed by atoms with van der Waals surface area (Å²) in [4.78, 5) is 12.1. The Morgan fingerprint density at radius 2 is 2.12 bits per heavy atom. The van der Waals surface area contributed by atoms with Gasteiger partial charge in [0.2, 0.25) is 5.95 Å². The number of nitrogens with zero attached hydrogens (tertiary/aromatic N) is 3. The largest absolute Gasteiger partial charge is 0.368 e. The van der Waals surface area contributed by atoms with Crippen LogP contribution in [0.15, 0.2) is 30.6 Å². The molecule has 16 heavy (non-hydrogen) atoms. The first-order valence-corrected chi connectivity index (χ1v) is 4.98. The van der Waals surface area contributed by atoms with Gasteiger partial charge in [0.05, 0.1) is 12.2 Å². The molecule has 82 valence electrons. The van der Waals surface area contributed by atoms with E-state index in [4.69, 9.17) is 5.73 Å². The number of nitrogens with one attached hydrogen (secondary N) is 1. The molecule has 0 aliphatic rings. The lowest BCUT2D eigenvalue weighted by Crippen LogP contribution is -2.06. The van der Waals surface area contributed by atoms with E-state index in [0.717, 1.165) is 11.3 Å². The van der Waals surface area contributed by atoms with Gasteiger partial charge in [0.1, 0.15) is 5.82 Å². The highest BCUT2D eigenvalue weighted by Gasteiger charge is 1.99. The fourth-order valence-corrected chi connectivity index (χ4v) is 1.35. The third kappa shape index (κ3) is 2.44. The predicted octanol–water partition coefficient (Wildman–Crippen LogP) is 1.37. The second-order valence-corrected chi connectivity index (χ2v) is 3.42. The predicted molar refractivity (Wildman–Crippen MR) is 62.7 cm³/mol. The number of nitrogen functional groups attached to an aromatic ring is 1. The topological polar surface area (TPSA) is 76.7 Å². The minimum Gasteiger partial charge on any atom is -0.368 e. The van der Waals surface area contributed by atoms with Gasteiger partial charge in [0, 0.05) is 12.4 Å². The first kappa shape index (κ1) is 10.4.